The standard InChI is InChI=1S/C32H20N4S/c1-2-11-30-26(10-1)27-17-22(12-13-31(27)37-30)28-18-29(25-9-5-15-34-20-25)36-32(35-28)23-7-3-6-21(16-23)24-8-4-14-33-19-24/h1-20H. The summed E-state index contributed by atoms with van der Waals surface area (Å²) in [7, 11) is 0. The first-order valence-electron chi connectivity index (χ1n) is 12.0. The number of pyridine rings is 2. The summed E-state index contributed by atoms with van der Waals surface area (Å²) in [5, 5.41) is 2.52. The lowest BCUT2D eigenvalue weighted by molar-refractivity contribution is 1.18. The third kappa shape index (κ3) is 4.05. The van der Waals surface area contributed by atoms with Crippen molar-refractivity contribution in [3.8, 4) is 45.0 Å². The van der Waals surface area contributed by atoms with Crippen molar-refractivity contribution >= 4 is 31.5 Å². The predicted molar refractivity (Wildman–Crippen MR) is 152 cm³/mol. The molecule has 4 heterocycles. The lowest BCUT2D eigenvalue weighted by atomic mass is 10.0. The van der Waals surface area contributed by atoms with E-state index in [4.69, 9.17) is 9.97 Å². The van der Waals surface area contributed by atoms with Gasteiger partial charge in [-0.15, -0.1) is 11.3 Å². The Hall–Kier alpha value is -4.74. The van der Waals surface area contributed by atoms with E-state index in [9.17, 15) is 0 Å². The average Bonchev–Trinajstić information content (AvgIpc) is 3.36. The topological polar surface area (TPSA) is 51.6 Å². The zero-order valence-electron chi connectivity index (χ0n) is 19.7. The molecule has 4 aromatic heterocycles. The lowest BCUT2D eigenvalue weighted by Gasteiger charge is -2.10. The van der Waals surface area contributed by atoms with Gasteiger partial charge in [-0.2, -0.15) is 0 Å². The van der Waals surface area contributed by atoms with E-state index in [-0.39, 0.29) is 0 Å². The zero-order chi connectivity index (χ0) is 24.6. The van der Waals surface area contributed by atoms with Crippen LogP contribution in [0.25, 0.3) is 65.2 Å². The molecule has 0 saturated heterocycles. The first-order chi connectivity index (χ1) is 18.3. The van der Waals surface area contributed by atoms with Crippen LogP contribution in [0.15, 0.2) is 122 Å². The van der Waals surface area contributed by atoms with E-state index in [0.717, 1.165) is 39.2 Å². The van der Waals surface area contributed by atoms with E-state index in [1.54, 1.807) is 12.4 Å². The van der Waals surface area contributed by atoms with Crippen LogP contribution in [-0.4, -0.2) is 19.9 Å². The minimum Gasteiger partial charge on any atom is -0.264 e. The zero-order valence-corrected chi connectivity index (χ0v) is 20.6. The van der Waals surface area contributed by atoms with Crippen LogP contribution in [0.4, 0.5) is 0 Å². The molecule has 0 amide bonds. The summed E-state index contributed by atoms with van der Waals surface area (Å²) in [6.45, 7) is 0. The Kier molecular flexibility index (Phi) is 5.26. The quantitative estimate of drug-likeness (QED) is 0.248. The second-order valence-corrected chi connectivity index (χ2v) is 9.92. The Labute approximate surface area is 218 Å². The number of nitrogens with zero attached hydrogens (tertiary/aromatic N) is 4. The third-order valence-corrected chi connectivity index (χ3v) is 7.62. The Morgan fingerprint density at radius 3 is 1.97 bits per heavy atom. The van der Waals surface area contributed by atoms with E-state index in [1.807, 2.05) is 48.0 Å². The second kappa shape index (κ2) is 9.04. The first-order valence-corrected chi connectivity index (χ1v) is 12.9. The summed E-state index contributed by atoms with van der Waals surface area (Å²) in [4.78, 5) is 18.6. The molecule has 0 unspecified atom stereocenters. The smallest absolute Gasteiger partial charge is 0.160 e. The average molecular weight is 493 g/mol. The Morgan fingerprint density at radius 1 is 0.459 bits per heavy atom. The van der Waals surface area contributed by atoms with Crippen molar-refractivity contribution < 1.29 is 0 Å². The van der Waals surface area contributed by atoms with Crippen LogP contribution in [0, 0.1) is 0 Å². The molecule has 0 aliphatic heterocycles. The monoisotopic (exact) mass is 492 g/mol. The number of fused-ring (bicyclic) bond motifs is 3. The number of rotatable bonds is 4. The summed E-state index contributed by atoms with van der Waals surface area (Å²) in [5.74, 6) is 0.678. The fourth-order valence-corrected chi connectivity index (χ4v) is 5.73. The van der Waals surface area contributed by atoms with Gasteiger partial charge >= 0.3 is 0 Å². The number of benzene rings is 3. The van der Waals surface area contributed by atoms with Crippen LogP contribution in [0.1, 0.15) is 0 Å². The van der Waals surface area contributed by atoms with E-state index in [1.165, 1.54) is 20.2 Å². The molecular weight excluding hydrogens is 472 g/mol. The van der Waals surface area contributed by atoms with Gasteiger partial charge in [0.1, 0.15) is 0 Å². The number of thiophene rings is 1. The van der Waals surface area contributed by atoms with E-state index < -0.39 is 0 Å². The maximum Gasteiger partial charge on any atom is 0.160 e. The molecule has 0 spiro atoms. The molecule has 0 atom stereocenters. The predicted octanol–water partition coefficient (Wildman–Crippen LogP) is 8.30. The molecule has 0 bridgehead atoms. The van der Waals surface area contributed by atoms with Gasteiger partial charge in [-0.1, -0.05) is 48.5 Å². The molecular formula is C32H20N4S. The van der Waals surface area contributed by atoms with Gasteiger partial charge in [-0.3, -0.25) is 9.97 Å². The molecule has 7 rings (SSSR count). The summed E-state index contributed by atoms with van der Waals surface area (Å²) in [6, 6.07) is 33.5. The number of hydrogen-bond donors (Lipinski definition) is 0. The van der Waals surface area contributed by atoms with Crippen LogP contribution in [0.3, 0.4) is 0 Å². The molecule has 3 aromatic carbocycles. The van der Waals surface area contributed by atoms with Crippen molar-refractivity contribution in [1.29, 1.82) is 0 Å². The molecule has 4 nitrogen and oxygen atoms in total. The normalized spacial score (nSPS) is 11.2. The van der Waals surface area contributed by atoms with Gasteiger partial charge in [-0.05, 0) is 54.1 Å². The van der Waals surface area contributed by atoms with Gasteiger partial charge in [0.15, 0.2) is 5.82 Å². The maximum absolute atomic E-state index is 5.06. The van der Waals surface area contributed by atoms with E-state index in [0.29, 0.717) is 5.82 Å². The molecule has 0 fully saturated rings. The molecule has 7 aromatic rings. The molecule has 37 heavy (non-hydrogen) atoms. The van der Waals surface area contributed by atoms with Crippen LogP contribution in [-0.2, 0) is 0 Å². The molecule has 174 valence electrons. The first kappa shape index (κ1) is 21.5. The van der Waals surface area contributed by atoms with Crippen LogP contribution >= 0.6 is 11.3 Å². The van der Waals surface area contributed by atoms with Gasteiger partial charge in [0.05, 0.1) is 11.4 Å². The summed E-state index contributed by atoms with van der Waals surface area (Å²) in [6.07, 6.45) is 7.28. The highest BCUT2D eigenvalue weighted by atomic mass is 32.1. The van der Waals surface area contributed by atoms with Crippen molar-refractivity contribution in [2.24, 2.45) is 0 Å². The molecule has 0 saturated carbocycles. The Balaban J connectivity index is 1.41. The lowest BCUT2D eigenvalue weighted by Crippen LogP contribution is -1.96. The van der Waals surface area contributed by atoms with Crippen molar-refractivity contribution in [3.63, 3.8) is 0 Å². The number of hydrogen-bond acceptors (Lipinski definition) is 5. The van der Waals surface area contributed by atoms with Gasteiger partial charge < -0.3 is 0 Å². The van der Waals surface area contributed by atoms with Gasteiger partial charge in [0.25, 0.3) is 0 Å². The van der Waals surface area contributed by atoms with Crippen LogP contribution in [0.5, 0.6) is 0 Å². The fourth-order valence-electron chi connectivity index (χ4n) is 4.64. The highest BCUT2D eigenvalue weighted by Crippen LogP contribution is 2.37. The minimum absolute atomic E-state index is 0.678. The van der Waals surface area contributed by atoms with E-state index >= 15 is 0 Å². The maximum atomic E-state index is 5.06. The largest absolute Gasteiger partial charge is 0.264 e. The van der Waals surface area contributed by atoms with Crippen molar-refractivity contribution in [2.45, 2.75) is 0 Å². The third-order valence-electron chi connectivity index (χ3n) is 6.47. The Morgan fingerprint density at radius 2 is 1.16 bits per heavy atom. The summed E-state index contributed by atoms with van der Waals surface area (Å²) >= 11 is 1.82. The van der Waals surface area contributed by atoms with Crippen LogP contribution < -0.4 is 0 Å². The van der Waals surface area contributed by atoms with E-state index in [2.05, 4.69) is 82.8 Å². The van der Waals surface area contributed by atoms with Crippen LogP contribution in [0.2, 0.25) is 0 Å². The highest BCUT2D eigenvalue weighted by molar-refractivity contribution is 7.25. The van der Waals surface area contributed by atoms with Crippen molar-refractivity contribution in [3.05, 3.63) is 122 Å². The van der Waals surface area contributed by atoms with Crippen molar-refractivity contribution in [2.75, 3.05) is 0 Å². The molecule has 0 radical (unpaired) electrons. The van der Waals surface area contributed by atoms with Crippen molar-refractivity contribution in [1.82, 2.24) is 19.9 Å². The van der Waals surface area contributed by atoms with Gasteiger partial charge in [0, 0.05) is 67.2 Å². The summed E-state index contributed by atoms with van der Waals surface area (Å²) in [5.41, 5.74) is 6.83. The number of aromatic nitrogens is 4. The highest BCUT2D eigenvalue weighted by Gasteiger charge is 2.13. The minimum atomic E-state index is 0.678. The summed E-state index contributed by atoms with van der Waals surface area (Å²) < 4.78 is 2.57. The van der Waals surface area contributed by atoms with Gasteiger partial charge in [0.2, 0.25) is 0 Å². The molecule has 0 aliphatic carbocycles. The molecule has 0 aliphatic rings. The Bertz CT molecular complexity index is 1880. The second-order valence-electron chi connectivity index (χ2n) is 8.84. The molecule has 5 heteroatoms. The SMILES string of the molecule is c1cncc(-c2cccc(-c3nc(-c4cccnc4)cc(-c4ccc5sc6ccccc6c5c4)n3)c2)c1. The van der Waals surface area contributed by atoms with Gasteiger partial charge in [-0.25, -0.2) is 9.97 Å². The molecule has 0 N–H and O–H groups in total. The fraction of sp³-hybridized carbons (Fsp3) is 0.